The van der Waals surface area contributed by atoms with Crippen LogP contribution in [0, 0.1) is 0 Å². The topological polar surface area (TPSA) is 25.4 Å². The van der Waals surface area contributed by atoms with E-state index in [0.29, 0.717) is 11.9 Å². The lowest BCUT2D eigenvalue weighted by atomic mass is 10.2. The molecule has 0 radical (unpaired) electrons. The Morgan fingerprint density at radius 2 is 2.64 bits per heavy atom. The summed E-state index contributed by atoms with van der Waals surface area (Å²) in [5.41, 5.74) is 0. The molecule has 3 nitrogen and oxygen atoms in total. The molecule has 2 heterocycles. The Kier molecular flexibility index (Phi) is 3.26. The van der Waals surface area contributed by atoms with E-state index in [0.717, 1.165) is 29.6 Å². The molecule has 1 aliphatic heterocycles. The fourth-order valence-corrected chi connectivity index (χ4v) is 2.53. The first-order valence-corrected chi connectivity index (χ1v) is 5.97. The molecule has 0 saturated carbocycles. The SMILES string of the molecule is CN(c1ncc(CCl)s1)C1CCOC1. The van der Waals surface area contributed by atoms with Crippen LogP contribution in [0.25, 0.3) is 0 Å². The van der Waals surface area contributed by atoms with Gasteiger partial charge in [-0.25, -0.2) is 4.98 Å². The summed E-state index contributed by atoms with van der Waals surface area (Å²) in [5.74, 6) is 0.548. The number of anilines is 1. The van der Waals surface area contributed by atoms with Crippen LogP contribution in [0.15, 0.2) is 6.20 Å². The van der Waals surface area contributed by atoms with Crippen LogP contribution in [0.2, 0.25) is 0 Å². The van der Waals surface area contributed by atoms with E-state index in [-0.39, 0.29) is 0 Å². The van der Waals surface area contributed by atoms with Crippen LogP contribution in [0.1, 0.15) is 11.3 Å². The van der Waals surface area contributed by atoms with Gasteiger partial charge in [0, 0.05) is 24.7 Å². The van der Waals surface area contributed by atoms with Gasteiger partial charge in [-0.05, 0) is 6.42 Å². The number of aromatic nitrogens is 1. The maximum atomic E-state index is 5.73. The highest BCUT2D eigenvalue weighted by atomic mass is 35.5. The van der Waals surface area contributed by atoms with Gasteiger partial charge in [0.05, 0.1) is 18.5 Å². The minimum Gasteiger partial charge on any atom is -0.379 e. The summed E-state index contributed by atoms with van der Waals surface area (Å²) in [4.78, 5) is 7.64. The monoisotopic (exact) mass is 232 g/mol. The Hall–Kier alpha value is -0.320. The average molecular weight is 233 g/mol. The Balaban J connectivity index is 2.05. The highest BCUT2D eigenvalue weighted by Crippen LogP contribution is 2.26. The zero-order chi connectivity index (χ0) is 9.97. The van der Waals surface area contributed by atoms with Gasteiger partial charge < -0.3 is 9.64 Å². The van der Waals surface area contributed by atoms with E-state index in [2.05, 4.69) is 16.9 Å². The number of ether oxygens (including phenoxy) is 1. The van der Waals surface area contributed by atoms with Crippen molar-refractivity contribution in [3.8, 4) is 0 Å². The fraction of sp³-hybridized carbons (Fsp3) is 0.667. The third-order valence-electron chi connectivity index (χ3n) is 2.43. The number of halogens is 1. The van der Waals surface area contributed by atoms with Crippen molar-refractivity contribution in [1.82, 2.24) is 4.98 Å². The fourth-order valence-electron chi connectivity index (χ4n) is 1.51. The standard InChI is InChI=1S/C9H13ClN2OS/c1-12(7-2-3-13-6-7)9-11-5-8(4-10)14-9/h5,7H,2-4,6H2,1H3. The molecule has 78 valence electrons. The molecule has 1 aromatic rings. The van der Waals surface area contributed by atoms with Crippen molar-refractivity contribution in [2.24, 2.45) is 0 Å². The Labute approximate surface area is 92.7 Å². The second kappa shape index (κ2) is 4.47. The largest absolute Gasteiger partial charge is 0.379 e. The van der Waals surface area contributed by atoms with Crippen LogP contribution in [0.3, 0.4) is 0 Å². The van der Waals surface area contributed by atoms with E-state index < -0.39 is 0 Å². The molecule has 1 unspecified atom stereocenters. The smallest absolute Gasteiger partial charge is 0.185 e. The molecule has 1 atom stereocenters. The van der Waals surface area contributed by atoms with E-state index in [1.165, 1.54) is 0 Å². The molecule has 14 heavy (non-hydrogen) atoms. The van der Waals surface area contributed by atoms with Crippen LogP contribution in [-0.2, 0) is 10.6 Å². The average Bonchev–Trinajstić information content (AvgIpc) is 2.88. The summed E-state index contributed by atoms with van der Waals surface area (Å²) in [5, 5.41) is 1.04. The van der Waals surface area contributed by atoms with Crippen LogP contribution in [0.5, 0.6) is 0 Å². The zero-order valence-corrected chi connectivity index (χ0v) is 9.64. The molecule has 1 fully saturated rings. The van der Waals surface area contributed by atoms with Gasteiger partial charge in [-0.3, -0.25) is 0 Å². The molecule has 0 aromatic carbocycles. The molecule has 0 bridgehead atoms. The van der Waals surface area contributed by atoms with Gasteiger partial charge in [-0.2, -0.15) is 0 Å². The van der Waals surface area contributed by atoms with Crippen molar-refractivity contribution >= 4 is 28.1 Å². The van der Waals surface area contributed by atoms with E-state index in [9.17, 15) is 0 Å². The van der Waals surface area contributed by atoms with Crippen molar-refractivity contribution in [2.75, 3.05) is 25.2 Å². The second-order valence-electron chi connectivity index (χ2n) is 3.37. The van der Waals surface area contributed by atoms with Crippen molar-refractivity contribution in [1.29, 1.82) is 0 Å². The summed E-state index contributed by atoms with van der Waals surface area (Å²) in [7, 11) is 2.07. The normalized spacial score (nSPS) is 21.4. The number of hydrogen-bond donors (Lipinski definition) is 0. The lowest BCUT2D eigenvalue weighted by Gasteiger charge is -2.21. The number of rotatable bonds is 3. The molecule has 2 rings (SSSR count). The zero-order valence-electron chi connectivity index (χ0n) is 8.07. The third kappa shape index (κ3) is 2.02. The van der Waals surface area contributed by atoms with Crippen molar-refractivity contribution < 1.29 is 4.74 Å². The van der Waals surface area contributed by atoms with Crippen LogP contribution >= 0.6 is 22.9 Å². The van der Waals surface area contributed by atoms with Gasteiger partial charge in [0.2, 0.25) is 0 Å². The first-order valence-electron chi connectivity index (χ1n) is 4.62. The van der Waals surface area contributed by atoms with Crippen molar-refractivity contribution in [2.45, 2.75) is 18.3 Å². The van der Waals surface area contributed by atoms with Gasteiger partial charge in [-0.1, -0.05) is 0 Å². The molecule has 0 spiro atoms. The van der Waals surface area contributed by atoms with E-state index >= 15 is 0 Å². The number of thiazole rings is 1. The number of hydrogen-bond acceptors (Lipinski definition) is 4. The lowest BCUT2D eigenvalue weighted by Crippen LogP contribution is -2.31. The highest BCUT2D eigenvalue weighted by molar-refractivity contribution is 7.15. The summed E-state index contributed by atoms with van der Waals surface area (Å²) < 4.78 is 5.34. The summed E-state index contributed by atoms with van der Waals surface area (Å²) >= 11 is 7.39. The second-order valence-corrected chi connectivity index (χ2v) is 4.73. The van der Waals surface area contributed by atoms with Gasteiger partial charge in [0.15, 0.2) is 5.13 Å². The van der Waals surface area contributed by atoms with E-state index in [1.807, 2.05) is 6.20 Å². The number of likely N-dealkylation sites (N-methyl/N-ethyl adjacent to an activating group) is 1. The molecular formula is C9H13ClN2OS. The number of nitrogens with zero attached hydrogens (tertiary/aromatic N) is 2. The maximum Gasteiger partial charge on any atom is 0.185 e. The van der Waals surface area contributed by atoms with Crippen molar-refractivity contribution in [3.63, 3.8) is 0 Å². The molecular weight excluding hydrogens is 220 g/mol. The third-order valence-corrected chi connectivity index (χ3v) is 3.96. The Morgan fingerprint density at radius 1 is 1.79 bits per heavy atom. The quantitative estimate of drug-likeness (QED) is 0.747. The summed E-state index contributed by atoms with van der Waals surface area (Å²) in [6, 6.07) is 0.476. The first kappa shape index (κ1) is 10.2. The van der Waals surface area contributed by atoms with Crippen LogP contribution in [-0.4, -0.2) is 31.3 Å². The van der Waals surface area contributed by atoms with Gasteiger partial charge in [0.25, 0.3) is 0 Å². The Bertz CT molecular complexity index is 299. The predicted octanol–water partition coefficient (Wildman–Crippen LogP) is 2.11. The summed E-state index contributed by atoms with van der Waals surface area (Å²) in [6.45, 7) is 1.68. The molecule has 5 heteroatoms. The van der Waals surface area contributed by atoms with Gasteiger partial charge >= 0.3 is 0 Å². The lowest BCUT2D eigenvalue weighted by molar-refractivity contribution is 0.193. The first-order chi connectivity index (χ1) is 6.81. The molecule has 1 aromatic heterocycles. The van der Waals surface area contributed by atoms with Crippen molar-refractivity contribution in [3.05, 3.63) is 11.1 Å². The number of alkyl halides is 1. The van der Waals surface area contributed by atoms with Crippen LogP contribution < -0.4 is 4.90 Å². The van der Waals surface area contributed by atoms with Crippen LogP contribution in [0.4, 0.5) is 5.13 Å². The molecule has 1 saturated heterocycles. The highest BCUT2D eigenvalue weighted by Gasteiger charge is 2.22. The molecule has 0 N–H and O–H groups in total. The van der Waals surface area contributed by atoms with Gasteiger partial charge in [0.1, 0.15) is 0 Å². The Morgan fingerprint density at radius 3 is 3.21 bits per heavy atom. The predicted molar refractivity (Wildman–Crippen MR) is 59.3 cm³/mol. The minimum absolute atomic E-state index is 0.476. The molecule has 0 amide bonds. The van der Waals surface area contributed by atoms with E-state index in [4.69, 9.17) is 16.3 Å². The molecule has 0 aliphatic carbocycles. The maximum absolute atomic E-state index is 5.73. The minimum atomic E-state index is 0.476. The van der Waals surface area contributed by atoms with Gasteiger partial charge in [-0.15, -0.1) is 22.9 Å². The molecule has 1 aliphatic rings. The summed E-state index contributed by atoms with van der Waals surface area (Å²) in [6.07, 6.45) is 2.94. The van der Waals surface area contributed by atoms with E-state index in [1.54, 1.807) is 11.3 Å².